The van der Waals surface area contributed by atoms with Crippen LogP contribution in [-0.2, 0) is 0 Å². The molecule has 0 bridgehead atoms. The fourth-order valence-corrected chi connectivity index (χ4v) is 3.10. The van der Waals surface area contributed by atoms with Crippen molar-refractivity contribution in [1.82, 2.24) is 0 Å². The first kappa shape index (κ1) is 19.4. The van der Waals surface area contributed by atoms with Gasteiger partial charge in [0, 0.05) is 0 Å². The van der Waals surface area contributed by atoms with E-state index in [0.29, 0.717) is 11.8 Å². The van der Waals surface area contributed by atoms with Crippen LogP contribution >= 0.6 is 0 Å². The van der Waals surface area contributed by atoms with E-state index in [0.717, 1.165) is 38.5 Å². The molecule has 0 saturated carbocycles. The second-order valence-electron chi connectivity index (χ2n) is 8.19. The molecule has 2 nitrogen and oxygen atoms in total. The van der Waals surface area contributed by atoms with E-state index in [4.69, 9.17) is 0 Å². The highest BCUT2D eigenvalue weighted by Gasteiger charge is 2.31. The van der Waals surface area contributed by atoms with Gasteiger partial charge in [-0.2, -0.15) is 0 Å². The SMILES string of the molecule is CC1=CCC(O)(C(C)C)CC1.CC1=CC[C@@H](C(C)(C)O)CC1. The zero-order valence-electron chi connectivity index (χ0n) is 15.4. The molecule has 0 aromatic heterocycles. The summed E-state index contributed by atoms with van der Waals surface area (Å²) in [5, 5.41) is 19.7. The lowest BCUT2D eigenvalue weighted by Crippen LogP contribution is -2.36. The number of hydrogen-bond acceptors (Lipinski definition) is 2. The zero-order valence-corrected chi connectivity index (χ0v) is 15.4. The van der Waals surface area contributed by atoms with E-state index < -0.39 is 11.2 Å². The summed E-state index contributed by atoms with van der Waals surface area (Å²) in [5.41, 5.74) is 2.00. The predicted octanol–water partition coefficient (Wildman–Crippen LogP) is 5.01. The Bertz CT molecular complexity index is 412. The maximum Gasteiger partial charge on any atom is 0.0707 e. The van der Waals surface area contributed by atoms with Crippen LogP contribution in [0.15, 0.2) is 23.3 Å². The van der Waals surface area contributed by atoms with Crippen molar-refractivity contribution in [2.75, 3.05) is 0 Å². The van der Waals surface area contributed by atoms with Crippen LogP contribution in [0.3, 0.4) is 0 Å². The number of allylic oxidation sites excluding steroid dienone is 3. The van der Waals surface area contributed by atoms with E-state index >= 15 is 0 Å². The molecule has 2 atom stereocenters. The molecule has 0 aliphatic heterocycles. The van der Waals surface area contributed by atoms with Gasteiger partial charge >= 0.3 is 0 Å². The van der Waals surface area contributed by atoms with Crippen LogP contribution in [0.25, 0.3) is 0 Å². The summed E-state index contributed by atoms with van der Waals surface area (Å²) in [6.45, 7) is 12.3. The highest BCUT2D eigenvalue weighted by Crippen LogP contribution is 2.33. The minimum Gasteiger partial charge on any atom is -0.390 e. The summed E-state index contributed by atoms with van der Waals surface area (Å²) >= 11 is 0. The van der Waals surface area contributed by atoms with Gasteiger partial charge in [0.05, 0.1) is 11.2 Å². The molecule has 0 spiro atoms. The van der Waals surface area contributed by atoms with E-state index in [9.17, 15) is 10.2 Å². The molecule has 2 heteroatoms. The molecule has 2 aliphatic carbocycles. The first-order valence-corrected chi connectivity index (χ1v) is 8.80. The lowest BCUT2D eigenvalue weighted by atomic mass is 9.78. The minimum absolute atomic E-state index is 0.381. The summed E-state index contributed by atoms with van der Waals surface area (Å²) < 4.78 is 0. The average molecular weight is 309 g/mol. The van der Waals surface area contributed by atoms with Gasteiger partial charge in [0.2, 0.25) is 0 Å². The van der Waals surface area contributed by atoms with Crippen LogP contribution in [0.5, 0.6) is 0 Å². The number of aliphatic hydroxyl groups is 2. The highest BCUT2D eigenvalue weighted by molar-refractivity contribution is 5.08. The van der Waals surface area contributed by atoms with Crippen LogP contribution in [0, 0.1) is 11.8 Å². The third-order valence-electron chi connectivity index (χ3n) is 5.47. The van der Waals surface area contributed by atoms with Crippen molar-refractivity contribution < 1.29 is 10.2 Å². The molecule has 0 fully saturated rings. The summed E-state index contributed by atoms with van der Waals surface area (Å²) in [7, 11) is 0. The Kier molecular flexibility index (Phi) is 6.88. The molecule has 2 aliphatic rings. The van der Waals surface area contributed by atoms with E-state index in [2.05, 4.69) is 39.8 Å². The number of hydrogen-bond donors (Lipinski definition) is 2. The van der Waals surface area contributed by atoms with Crippen molar-refractivity contribution in [2.45, 2.75) is 91.3 Å². The smallest absolute Gasteiger partial charge is 0.0707 e. The first-order chi connectivity index (χ1) is 10.0. The maximum atomic E-state index is 10.0. The van der Waals surface area contributed by atoms with Crippen molar-refractivity contribution in [3.05, 3.63) is 23.3 Å². The van der Waals surface area contributed by atoms with Crippen LogP contribution in [-0.4, -0.2) is 21.4 Å². The Hall–Kier alpha value is -0.600. The molecular formula is C20H36O2. The van der Waals surface area contributed by atoms with Gasteiger partial charge in [-0.1, -0.05) is 37.1 Å². The quantitative estimate of drug-likeness (QED) is 0.704. The van der Waals surface area contributed by atoms with E-state index in [1.807, 2.05) is 13.8 Å². The van der Waals surface area contributed by atoms with E-state index in [-0.39, 0.29) is 0 Å². The van der Waals surface area contributed by atoms with E-state index in [1.165, 1.54) is 11.1 Å². The molecule has 0 aromatic carbocycles. The molecule has 0 aromatic rings. The predicted molar refractivity (Wildman–Crippen MR) is 94.8 cm³/mol. The summed E-state index contributed by atoms with van der Waals surface area (Å²) in [6, 6.07) is 0. The van der Waals surface area contributed by atoms with Gasteiger partial charge in [0.25, 0.3) is 0 Å². The zero-order chi connectivity index (χ0) is 17.0. The van der Waals surface area contributed by atoms with Gasteiger partial charge in [-0.3, -0.25) is 0 Å². The van der Waals surface area contributed by atoms with Crippen LogP contribution < -0.4 is 0 Å². The van der Waals surface area contributed by atoms with Gasteiger partial charge in [-0.05, 0) is 78.1 Å². The average Bonchev–Trinajstić information content (AvgIpc) is 2.42. The van der Waals surface area contributed by atoms with Crippen molar-refractivity contribution in [3.63, 3.8) is 0 Å². The molecule has 2 N–H and O–H groups in total. The molecule has 22 heavy (non-hydrogen) atoms. The second kappa shape index (κ2) is 7.79. The molecule has 2 rings (SSSR count). The lowest BCUT2D eigenvalue weighted by Gasteiger charge is -2.34. The largest absolute Gasteiger partial charge is 0.390 e. The van der Waals surface area contributed by atoms with Crippen molar-refractivity contribution in [3.8, 4) is 0 Å². The monoisotopic (exact) mass is 308 g/mol. The summed E-state index contributed by atoms with van der Waals surface area (Å²) in [6.07, 6.45) is 10.6. The fraction of sp³-hybridized carbons (Fsp3) is 0.800. The Morgan fingerprint density at radius 1 is 1.14 bits per heavy atom. The van der Waals surface area contributed by atoms with Gasteiger partial charge in [-0.15, -0.1) is 0 Å². The highest BCUT2D eigenvalue weighted by atomic mass is 16.3. The maximum absolute atomic E-state index is 10.0. The summed E-state index contributed by atoms with van der Waals surface area (Å²) in [5.74, 6) is 0.845. The minimum atomic E-state index is -0.489. The molecule has 128 valence electrons. The van der Waals surface area contributed by atoms with Gasteiger partial charge in [0.1, 0.15) is 0 Å². The Morgan fingerprint density at radius 3 is 2.09 bits per heavy atom. The van der Waals surface area contributed by atoms with Crippen LogP contribution in [0.4, 0.5) is 0 Å². The normalized spacial score (nSPS) is 29.4. The molecule has 0 saturated heterocycles. The Balaban J connectivity index is 0.000000220. The van der Waals surface area contributed by atoms with Gasteiger partial charge in [0.15, 0.2) is 0 Å². The molecular weight excluding hydrogens is 272 g/mol. The Labute approximate surface area is 137 Å². The van der Waals surface area contributed by atoms with Gasteiger partial charge < -0.3 is 10.2 Å². The van der Waals surface area contributed by atoms with Gasteiger partial charge in [-0.25, -0.2) is 0 Å². The van der Waals surface area contributed by atoms with Crippen molar-refractivity contribution in [2.24, 2.45) is 11.8 Å². The molecule has 0 heterocycles. The lowest BCUT2D eigenvalue weighted by molar-refractivity contribution is -0.0140. The standard InChI is InChI=1S/2C10H18O/c1-8-4-6-9(7-5-8)10(2,3)11;1-8(2)10(11)6-4-9(3)5-7-10/h4,9,11H,5-7H2,1-3H3;4,8,11H,5-7H2,1-3H3/t9-;/m1./s1. The third kappa shape index (κ3) is 5.89. The second-order valence-corrected chi connectivity index (χ2v) is 8.19. The number of rotatable bonds is 2. The van der Waals surface area contributed by atoms with Crippen molar-refractivity contribution >= 4 is 0 Å². The van der Waals surface area contributed by atoms with E-state index in [1.54, 1.807) is 0 Å². The third-order valence-corrected chi connectivity index (χ3v) is 5.47. The Morgan fingerprint density at radius 2 is 1.73 bits per heavy atom. The molecule has 0 amide bonds. The topological polar surface area (TPSA) is 40.5 Å². The van der Waals surface area contributed by atoms with Crippen LogP contribution in [0.1, 0.15) is 80.1 Å². The first-order valence-electron chi connectivity index (χ1n) is 8.80. The molecule has 1 unspecified atom stereocenters. The van der Waals surface area contributed by atoms with Crippen molar-refractivity contribution in [1.29, 1.82) is 0 Å². The van der Waals surface area contributed by atoms with Crippen LogP contribution in [0.2, 0.25) is 0 Å². The molecule has 0 radical (unpaired) electrons. The fourth-order valence-electron chi connectivity index (χ4n) is 3.10. The summed E-state index contributed by atoms with van der Waals surface area (Å²) in [4.78, 5) is 0.